The van der Waals surface area contributed by atoms with Crippen LogP contribution in [0.5, 0.6) is 11.5 Å². The van der Waals surface area contributed by atoms with E-state index in [4.69, 9.17) is 4.74 Å². The van der Waals surface area contributed by atoms with Crippen LogP contribution in [-0.2, 0) is 0 Å². The molecule has 0 bridgehead atoms. The van der Waals surface area contributed by atoms with Crippen LogP contribution in [0.4, 0.5) is 4.39 Å². The van der Waals surface area contributed by atoms with Crippen LogP contribution in [0.3, 0.4) is 0 Å². The van der Waals surface area contributed by atoms with Crippen molar-refractivity contribution in [1.82, 2.24) is 0 Å². The van der Waals surface area contributed by atoms with Crippen molar-refractivity contribution >= 4 is 5.78 Å². The number of hydrogen-bond acceptors (Lipinski definition) is 2. The Morgan fingerprint density at radius 2 is 1.78 bits per heavy atom. The topological polar surface area (TPSA) is 26.3 Å². The molecule has 3 heteroatoms. The van der Waals surface area contributed by atoms with E-state index in [0.717, 1.165) is 0 Å². The summed E-state index contributed by atoms with van der Waals surface area (Å²) in [6.07, 6.45) is 0.466. The lowest BCUT2D eigenvalue weighted by Crippen LogP contribution is -1.96. The molecule has 2 nitrogen and oxygen atoms in total. The highest BCUT2D eigenvalue weighted by Crippen LogP contribution is 2.24. The molecule has 0 fully saturated rings. The molecule has 0 saturated carbocycles. The number of rotatable bonds is 4. The quantitative estimate of drug-likeness (QED) is 0.753. The van der Waals surface area contributed by atoms with E-state index in [2.05, 4.69) is 0 Å². The molecule has 0 amide bonds. The van der Waals surface area contributed by atoms with Crippen molar-refractivity contribution in [2.75, 3.05) is 0 Å². The van der Waals surface area contributed by atoms with Crippen molar-refractivity contribution in [2.24, 2.45) is 0 Å². The summed E-state index contributed by atoms with van der Waals surface area (Å²) < 4.78 is 18.7. The number of benzene rings is 2. The van der Waals surface area contributed by atoms with Crippen LogP contribution in [-0.4, -0.2) is 5.78 Å². The summed E-state index contributed by atoms with van der Waals surface area (Å²) in [7, 11) is 0. The smallest absolute Gasteiger partial charge is 0.165 e. The third kappa shape index (κ3) is 2.74. The van der Waals surface area contributed by atoms with Crippen molar-refractivity contribution < 1.29 is 13.9 Å². The van der Waals surface area contributed by atoms with E-state index < -0.39 is 5.82 Å². The third-order valence-electron chi connectivity index (χ3n) is 2.56. The van der Waals surface area contributed by atoms with E-state index >= 15 is 0 Å². The van der Waals surface area contributed by atoms with E-state index in [1.165, 1.54) is 6.07 Å². The Morgan fingerprint density at radius 1 is 1.11 bits per heavy atom. The average Bonchev–Trinajstić information content (AvgIpc) is 2.41. The maximum absolute atomic E-state index is 13.4. The molecule has 18 heavy (non-hydrogen) atoms. The highest BCUT2D eigenvalue weighted by atomic mass is 19.1. The van der Waals surface area contributed by atoms with E-state index in [1.807, 2.05) is 6.92 Å². The predicted octanol–water partition coefficient (Wildman–Crippen LogP) is 4.21. The molecule has 0 atom stereocenters. The molecule has 0 radical (unpaired) electrons. The van der Waals surface area contributed by atoms with Gasteiger partial charge >= 0.3 is 0 Å². The van der Waals surface area contributed by atoms with Gasteiger partial charge in [-0.15, -0.1) is 0 Å². The molecule has 2 aromatic carbocycles. The first-order valence-electron chi connectivity index (χ1n) is 5.76. The van der Waals surface area contributed by atoms with Gasteiger partial charge in [-0.25, -0.2) is 4.39 Å². The molecule has 0 aromatic heterocycles. The lowest BCUT2D eigenvalue weighted by atomic mass is 10.1. The van der Waals surface area contributed by atoms with Crippen molar-refractivity contribution in [3.8, 4) is 11.5 Å². The van der Waals surface area contributed by atoms with Gasteiger partial charge in [0.2, 0.25) is 0 Å². The second-order valence-corrected chi connectivity index (χ2v) is 3.83. The average molecular weight is 244 g/mol. The van der Waals surface area contributed by atoms with Crippen LogP contribution in [0.15, 0.2) is 48.5 Å². The maximum atomic E-state index is 13.4. The fourth-order valence-corrected chi connectivity index (χ4v) is 1.57. The Labute approximate surface area is 105 Å². The van der Waals surface area contributed by atoms with Gasteiger partial charge in [0.15, 0.2) is 17.3 Å². The number of para-hydroxylation sites is 1. The zero-order valence-electron chi connectivity index (χ0n) is 10.0. The van der Waals surface area contributed by atoms with E-state index in [1.54, 1.807) is 42.5 Å². The van der Waals surface area contributed by atoms with Crippen molar-refractivity contribution in [3.05, 3.63) is 59.9 Å². The molecule has 0 spiro atoms. The molecular formula is C15H13FO2. The fraction of sp³-hybridized carbons (Fsp3) is 0.133. The van der Waals surface area contributed by atoms with Gasteiger partial charge in [-0.1, -0.05) is 19.1 Å². The minimum absolute atomic E-state index is 0.0763. The number of hydrogen-bond donors (Lipinski definition) is 0. The molecule has 0 saturated heterocycles. The lowest BCUT2D eigenvalue weighted by molar-refractivity contribution is 0.0988. The normalized spacial score (nSPS) is 10.1. The minimum Gasteiger partial charge on any atom is -0.454 e. The Morgan fingerprint density at radius 3 is 2.39 bits per heavy atom. The Hall–Kier alpha value is -2.16. The van der Waals surface area contributed by atoms with E-state index in [-0.39, 0.29) is 11.5 Å². The van der Waals surface area contributed by atoms with E-state index in [0.29, 0.717) is 17.7 Å². The van der Waals surface area contributed by atoms with Crippen LogP contribution >= 0.6 is 0 Å². The summed E-state index contributed by atoms with van der Waals surface area (Å²) in [6.45, 7) is 1.81. The minimum atomic E-state index is -0.411. The van der Waals surface area contributed by atoms with Gasteiger partial charge in [0.05, 0.1) is 0 Å². The second kappa shape index (κ2) is 5.45. The first-order valence-corrected chi connectivity index (χ1v) is 5.76. The van der Waals surface area contributed by atoms with Gasteiger partial charge in [0.25, 0.3) is 0 Å². The number of ether oxygens (including phenoxy) is 1. The largest absolute Gasteiger partial charge is 0.454 e. The van der Waals surface area contributed by atoms with Crippen molar-refractivity contribution in [1.29, 1.82) is 0 Å². The molecule has 92 valence electrons. The highest BCUT2D eigenvalue weighted by molar-refractivity contribution is 5.95. The standard InChI is InChI=1S/C15H13FO2/c1-2-14(17)11-7-9-12(10-8-11)18-15-6-4-3-5-13(15)16/h3-10H,2H2,1H3. The predicted molar refractivity (Wildman–Crippen MR) is 67.5 cm³/mol. The number of ketones is 1. The molecule has 2 rings (SSSR count). The number of carbonyl (C=O) groups is 1. The molecule has 2 aromatic rings. The van der Waals surface area contributed by atoms with Crippen LogP contribution in [0, 0.1) is 5.82 Å². The van der Waals surface area contributed by atoms with Crippen molar-refractivity contribution in [3.63, 3.8) is 0 Å². The fourth-order valence-electron chi connectivity index (χ4n) is 1.57. The zero-order valence-corrected chi connectivity index (χ0v) is 10.0. The van der Waals surface area contributed by atoms with Gasteiger partial charge in [-0.3, -0.25) is 4.79 Å². The maximum Gasteiger partial charge on any atom is 0.165 e. The molecular weight excluding hydrogens is 231 g/mol. The van der Waals surface area contributed by atoms with Gasteiger partial charge in [-0.2, -0.15) is 0 Å². The Kier molecular flexibility index (Phi) is 3.72. The molecule has 0 heterocycles. The summed E-state index contributed by atoms with van der Waals surface area (Å²) >= 11 is 0. The number of halogens is 1. The molecule has 0 aliphatic rings. The third-order valence-corrected chi connectivity index (χ3v) is 2.56. The summed E-state index contributed by atoms with van der Waals surface area (Å²) in [4.78, 5) is 11.4. The van der Waals surface area contributed by atoms with Crippen LogP contribution in [0.1, 0.15) is 23.7 Å². The molecule has 0 aliphatic heterocycles. The summed E-state index contributed by atoms with van der Waals surface area (Å²) in [5.41, 5.74) is 0.637. The van der Waals surface area contributed by atoms with Crippen LogP contribution < -0.4 is 4.74 Å². The summed E-state index contributed by atoms with van der Waals surface area (Å²) in [5.74, 6) is 0.346. The van der Waals surface area contributed by atoms with Gasteiger partial charge < -0.3 is 4.74 Å². The molecule has 0 N–H and O–H groups in total. The highest BCUT2D eigenvalue weighted by Gasteiger charge is 2.05. The van der Waals surface area contributed by atoms with Gasteiger partial charge in [0.1, 0.15) is 5.75 Å². The second-order valence-electron chi connectivity index (χ2n) is 3.83. The van der Waals surface area contributed by atoms with Crippen LogP contribution in [0.25, 0.3) is 0 Å². The van der Waals surface area contributed by atoms with Gasteiger partial charge in [0, 0.05) is 12.0 Å². The van der Waals surface area contributed by atoms with Gasteiger partial charge in [-0.05, 0) is 36.4 Å². The van der Waals surface area contributed by atoms with E-state index in [9.17, 15) is 9.18 Å². The van der Waals surface area contributed by atoms with Crippen molar-refractivity contribution in [2.45, 2.75) is 13.3 Å². The molecule has 0 aliphatic carbocycles. The lowest BCUT2D eigenvalue weighted by Gasteiger charge is -2.06. The Balaban J connectivity index is 2.16. The van der Waals surface area contributed by atoms with Crippen LogP contribution in [0.2, 0.25) is 0 Å². The number of carbonyl (C=O) groups excluding carboxylic acids is 1. The first-order chi connectivity index (χ1) is 8.70. The Bertz CT molecular complexity index is 547. The first kappa shape index (κ1) is 12.3. The monoisotopic (exact) mass is 244 g/mol. The SMILES string of the molecule is CCC(=O)c1ccc(Oc2ccccc2F)cc1. The number of Topliss-reactive ketones (excluding diaryl/α,β-unsaturated/α-hetero) is 1. The zero-order chi connectivity index (χ0) is 13.0. The summed E-state index contributed by atoms with van der Waals surface area (Å²) in [6, 6.07) is 12.9. The molecule has 0 unspecified atom stereocenters. The summed E-state index contributed by atoms with van der Waals surface area (Å²) in [5, 5.41) is 0.